The van der Waals surface area contributed by atoms with Gasteiger partial charge in [-0.05, 0) is 10.1 Å². The van der Waals surface area contributed by atoms with Gasteiger partial charge in [-0.25, -0.2) is 0 Å². The number of hydrogen-bond acceptors (Lipinski definition) is 3. The summed E-state index contributed by atoms with van der Waals surface area (Å²) in [6.45, 7) is 0.512. The zero-order valence-electron chi connectivity index (χ0n) is 7.67. The van der Waals surface area contributed by atoms with Gasteiger partial charge >= 0.3 is 8.03 Å². The Morgan fingerprint density at radius 2 is 2.07 bits per heavy atom. The van der Waals surface area contributed by atoms with Crippen LogP contribution in [0.3, 0.4) is 0 Å². The first kappa shape index (κ1) is 11.3. The van der Waals surface area contributed by atoms with Crippen LogP contribution in [0.5, 0.6) is 0 Å². The molecule has 1 aromatic carbocycles. The third-order valence-corrected chi connectivity index (χ3v) is 2.40. The molecule has 1 rings (SSSR count). The Kier molecular flexibility index (Phi) is 4.70. The minimum absolute atomic E-state index is 0.0978. The summed E-state index contributed by atoms with van der Waals surface area (Å²) in [4.78, 5) is 8.62. The minimum atomic E-state index is -2.34. The Bertz CT molecular complexity index is 291. The molecule has 76 valence electrons. The third kappa shape index (κ3) is 3.94. The minimum Gasteiger partial charge on any atom is -0.370 e. The number of ether oxygens (including phenoxy) is 1. The fraction of sp³-hybridized carbons (Fsp3) is 0.333. The van der Waals surface area contributed by atoms with E-state index >= 15 is 0 Å². The maximum atomic E-state index is 10.5. The van der Waals surface area contributed by atoms with Gasteiger partial charge in [-0.3, -0.25) is 5.73 Å². The number of benzene rings is 1. The maximum Gasteiger partial charge on any atom is 0.526 e. The fourth-order valence-electron chi connectivity index (χ4n) is 0.936. The predicted molar refractivity (Wildman–Crippen MR) is 53.9 cm³/mol. The highest BCUT2D eigenvalue weighted by Gasteiger charge is 2.23. The molecular weight excluding hydrogens is 201 g/mol. The standard InChI is InChI=1S/C9H12NO3P/c10-9(14(11)12)7-13-6-8-4-2-1-3-5-8/h1-5,9H,6-7,10H2/p+1. The molecule has 0 radical (unpaired) electrons. The Hall–Kier alpha value is -0.800. The highest BCUT2D eigenvalue weighted by Crippen LogP contribution is 2.17. The quantitative estimate of drug-likeness (QED) is 0.723. The van der Waals surface area contributed by atoms with Crippen molar-refractivity contribution in [3.05, 3.63) is 35.9 Å². The van der Waals surface area contributed by atoms with E-state index in [-0.39, 0.29) is 6.61 Å². The first-order chi connectivity index (χ1) is 6.70. The van der Waals surface area contributed by atoms with Crippen molar-refractivity contribution in [3.63, 3.8) is 0 Å². The molecule has 0 heterocycles. The van der Waals surface area contributed by atoms with E-state index in [1.807, 2.05) is 30.3 Å². The smallest absolute Gasteiger partial charge is 0.370 e. The van der Waals surface area contributed by atoms with Gasteiger partial charge in [0.05, 0.1) is 6.61 Å². The average molecular weight is 214 g/mol. The van der Waals surface area contributed by atoms with Gasteiger partial charge in [-0.1, -0.05) is 30.3 Å². The Labute approximate surface area is 83.6 Å². The van der Waals surface area contributed by atoms with E-state index in [4.69, 9.17) is 15.4 Å². The summed E-state index contributed by atoms with van der Waals surface area (Å²) in [5, 5.41) is 0. The molecule has 0 fully saturated rings. The summed E-state index contributed by atoms with van der Waals surface area (Å²) in [5.41, 5.74) is 6.34. The first-order valence-electron chi connectivity index (χ1n) is 4.22. The lowest BCUT2D eigenvalue weighted by atomic mass is 10.2. The van der Waals surface area contributed by atoms with Gasteiger partial charge in [-0.15, -0.1) is 0 Å². The number of rotatable bonds is 5. The van der Waals surface area contributed by atoms with Crippen molar-refractivity contribution >= 4 is 8.03 Å². The Balaban J connectivity index is 2.26. The predicted octanol–water partition coefficient (Wildman–Crippen LogP) is 1.22. The van der Waals surface area contributed by atoms with Crippen LogP contribution in [0.25, 0.3) is 0 Å². The second-order valence-corrected chi connectivity index (χ2v) is 4.14. The molecule has 0 amide bonds. The monoisotopic (exact) mass is 214 g/mol. The number of hydrogen-bond donors (Lipinski definition) is 2. The zero-order chi connectivity index (χ0) is 10.4. The topological polar surface area (TPSA) is 72.5 Å². The van der Waals surface area contributed by atoms with Crippen LogP contribution in [-0.4, -0.2) is 17.3 Å². The van der Waals surface area contributed by atoms with E-state index in [1.54, 1.807) is 0 Å². The van der Waals surface area contributed by atoms with Crippen molar-refractivity contribution in [1.29, 1.82) is 0 Å². The van der Waals surface area contributed by atoms with E-state index in [0.29, 0.717) is 6.61 Å². The molecule has 2 unspecified atom stereocenters. The van der Waals surface area contributed by atoms with Gasteiger partial charge in [-0.2, -0.15) is 4.89 Å². The number of nitrogens with two attached hydrogens (primary N) is 1. The van der Waals surface area contributed by atoms with E-state index in [2.05, 4.69) is 0 Å². The molecule has 14 heavy (non-hydrogen) atoms. The molecule has 2 atom stereocenters. The summed E-state index contributed by atoms with van der Waals surface area (Å²) in [6.07, 6.45) is 0. The molecule has 0 saturated heterocycles. The molecule has 0 bridgehead atoms. The second kappa shape index (κ2) is 5.83. The first-order valence-corrected chi connectivity index (χ1v) is 5.51. The molecule has 0 aliphatic carbocycles. The Morgan fingerprint density at radius 3 is 2.64 bits per heavy atom. The summed E-state index contributed by atoms with van der Waals surface area (Å²) in [6, 6.07) is 9.57. The lowest BCUT2D eigenvalue weighted by Crippen LogP contribution is -2.21. The van der Waals surface area contributed by atoms with Crippen LogP contribution in [0, 0.1) is 0 Å². The van der Waals surface area contributed by atoms with Gasteiger partial charge in [0, 0.05) is 0 Å². The second-order valence-electron chi connectivity index (χ2n) is 2.87. The van der Waals surface area contributed by atoms with Gasteiger partial charge in [0.25, 0.3) is 5.78 Å². The molecular formula is C9H13NO3P+. The van der Waals surface area contributed by atoms with Crippen molar-refractivity contribution in [3.8, 4) is 0 Å². The molecule has 0 aromatic heterocycles. The highest BCUT2D eigenvalue weighted by molar-refractivity contribution is 7.38. The molecule has 1 aromatic rings. The van der Waals surface area contributed by atoms with Gasteiger partial charge in [0.1, 0.15) is 6.61 Å². The molecule has 0 saturated carbocycles. The Morgan fingerprint density at radius 1 is 1.43 bits per heavy atom. The van der Waals surface area contributed by atoms with E-state index in [9.17, 15) is 4.57 Å². The third-order valence-electron chi connectivity index (χ3n) is 1.68. The molecule has 0 aliphatic rings. The van der Waals surface area contributed by atoms with Crippen molar-refractivity contribution in [2.45, 2.75) is 12.4 Å². The molecule has 0 aliphatic heterocycles. The largest absolute Gasteiger partial charge is 0.526 e. The van der Waals surface area contributed by atoms with E-state index in [0.717, 1.165) is 5.56 Å². The van der Waals surface area contributed by atoms with Crippen molar-refractivity contribution < 1.29 is 14.2 Å². The normalized spacial score (nSPS) is 13.7. The van der Waals surface area contributed by atoms with E-state index in [1.165, 1.54) is 0 Å². The highest BCUT2D eigenvalue weighted by atomic mass is 31.1. The molecule has 0 spiro atoms. The lowest BCUT2D eigenvalue weighted by Gasteiger charge is -2.02. The van der Waals surface area contributed by atoms with Crippen LogP contribution < -0.4 is 5.73 Å². The van der Waals surface area contributed by atoms with Gasteiger partial charge in [0.15, 0.2) is 0 Å². The SMILES string of the molecule is NC(COCc1ccccc1)[P+](=O)O. The maximum absolute atomic E-state index is 10.5. The van der Waals surface area contributed by atoms with Gasteiger partial charge < -0.3 is 4.74 Å². The van der Waals surface area contributed by atoms with Crippen LogP contribution >= 0.6 is 8.03 Å². The lowest BCUT2D eigenvalue weighted by molar-refractivity contribution is 0.120. The molecule has 5 heteroatoms. The van der Waals surface area contributed by atoms with Crippen LogP contribution in [0.15, 0.2) is 30.3 Å². The zero-order valence-corrected chi connectivity index (χ0v) is 8.56. The summed E-state index contributed by atoms with van der Waals surface area (Å²) in [7, 11) is -2.34. The van der Waals surface area contributed by atoms with Crippen LogP contribution in [0.1, 0.15) is 5.56 Å². The van der Waals surface area contributed by atoms with Crippen LogP contribution in [0.4, 0.5) is 0 Å². The summed E-state index contributed by atoms with van der Waals surface area (Å²) in [5.74, 6) is -0.797. The van der Waals surface area contributed by atoms with Crippen molar-refractivity contribution in [2.75, 3.05) is 6.61 Å². The van der Waals surface area contributed by atoms with E-state index < -0.39 is 13.8 Å². The summed E-state index contributed by atoms with van der Waals surface area (Å²) >= 11 is 0. The fourth-order valence-corrected chi connectivity index (χ4v) is 1.17. The van der Waals surface area contributed by atoms with Crippen molar-refractivity contribution in [2.24, 2.45) is 5.73 Å². The van der Waals surface area contributed by atoms with Crippen LogP contribution in [-0.2, 0) is 15.9 Å². The van der Waals surface area contributed by atoms with Crippen LogP contribution in [0.2, 0.25) is 0 Å². The molecule has 4 nitrogen and oxygen atoms in total. The van der Waals surface area contributed by atoms with Gasteiger partial charge in [0.2, 0.25) is 0 Å². The summed E-state index contributed by atoms with van der Waals surface area (Å²) < 4.78 is 15.7. The molecule has 3 N–H and O–H groups in total. The average Bonchev–Trinajstić information content (AvgIpc) is 2.19. The van der Waals surface area contributed by atoms with Crippen molar-refractivity contribution in [1.82, 2.24) is 0 Å².